The number of terminal acetylenes is 1. The van der Waals surface area contributed by atoms with E-state index in [1.165, 1.54) is 33.8 Å². The first-order valence-electron chi connectivity index (χ1n) is 11.0. The number of β-lactam (4-membered cyclic amide) rings is 1. The van der Waals surface area contributed by atoms with Crippen molar-refractivity contribution in [3.63, 3.8) is 0 Å². The summed E-state index contributed by atoms with van der Waals surface area (Å²) in [7, 11) is 1.23. The Labute approximate surface area is 233 Å². The summed E-state index contributed by atoms with van der Waals surface area (Å²) in [5.41, 5.74) is 4.29. The molecule has 3 atom stereocenters. The van der Waals surface area contributed by atoms with Crippen LogP contribution in [0.4, 0.5) is 5.13 Å². The first kappa shape index (κ1) is 28.1. The van der Waals surface area contributed by atoms with Crippen LogP contribution in [0.3, 0.4) is 0 Å². The number of ether oxygens (including phenoxy) is 1. The van der Waals surface area contributed by atoms with E-state index in [0.29, 0.717) is 0 Å². The predicted octanol–water partition coefficient (Wildman–Crippen LogP) is -1.50. The number of thioether (sulfide) groups is 2. The second-order valence-corrected chi connectivity index (χ2v) is 11.1. The molecule has 4 N–H and O–H groups in total. The highest BCUT2D eigenvalue weighted by Crippen LogP contribution is 2.44. The number of nitrogens with two attached hydrogens (primary N) is 1. The number of nitrogen functional groups attached to an aromatic ring is 1. The van der Waals surface area contributed by atoms with Crippen LogP contribution in [0.5, 0.6) is 0 Å². The Morgan fingerprint density at radius 3 is 2.92 bits per heavy atom. The number of carbonyl (C=O) groups excluding carboxylic acids is 3. The summed E-state index contributed by atoms with van der Waals surface area (Å²) in [5, 5.41) is 29.0. The molecule has 2 aliphatic rings. The molecule has 0 saturated carbocycles. The highest BCUT2D eigenvalue weighted by molar-refractivity contribution is 8.00. The van der Waals surface area contributed by atoms with Gasteiger partial charge in [0.25, 0.3) is 5.91 Å². The van der Waals surface area contributed by atoms with E-state index in [4.69, 9.17) is 17.0 Å². The molecule has 19 heteroatoms. The summed E-state index contributed by atoms with van der Waals surface area (Å²) in [6, 6.07) is -0.914. The predicted molar refractivity (Wildman–Crippen MR) is 138 cm³/mol. The number of fused-ring (bicyclic) bond motifs is 1. The Kier molecular flexibility index (Phi) is 8.57. The number of aliphatic carboxylic acids is 1. The Bertz CT molecular complexity index is 1360. The fraction of sp³-hybridized carbons (Fsp3) is 0.450. The zero-order valence-electron chi connectivity index (χ0n) is 20.2. The molecule has 16 nitrogen and oxygen atoms in total. The molecular formula is C20H21N9O7S3. The van der Waals surface area contributed by atoms with Crippen molar-refractivity contribution in [1.29, 1.82) is 0 Å². The van der Waals surface area contributed by atoms with Gasteiger partial charge in [-0.05, 0) is 10.4 Å². The summed E-state index contributed by atoms with van der Waals surface area (Å²) in [6.45, 7) is -0.512. The summed E-state index contributed by atoms with van der Waals surface area (Å²) < 4.78 is 5.81. The molecule has 0 spiro atoms. The summed E-state index contributed by atoms with van der Waals surface area (Å²) >= 11 is 3.37. The van der Waals surface area contributed by atoms with Crippen molar-refractivity contribution in [2.75, 3.05) is 37.5 Å². The number of thiazole rings is 1. The van der Waals surface area contributed by atoms with E-state index in [1.54, 1.807) is 0 Å². The Morgan fingerprint density at radius 1 is 1.46 bits per heavy atom. The van der Waals surface area contributed by atoms with Gasteiger partial charge in [0.1, 0.15) is 29.1 Å². The standard InChI is InChI=1S/C20H21N9O7S3/c1-3-4-36-25-12(10-6-37-18(21)22-10)14(31)23-13-15(32)28-7-20(17(33)34,8-38-16(13)28)9-39-19-24-26-27-29(19)5-11(30)35-2/h1,6,13,16H,4-5,7-9H2,2H3,(H2,21,22)(H,23,31)(H,33,34)/t13?,16-,20?/m1/s1. The topological polar surface area (TPSA) is 217 Å². The molecule has 0 radical (unpaired) electrons. The van der Waals surface area contributed by atoms with Crippen LogP contribution in [0, 0.1) is 17.8 Å². The quantitative estimate of drug-likeness (QED) is 0.0513. The van der Waals surface area contributed by atoms with Gasteiger partial charge in [0.05, 0.1) is 7.11 Å². The number of hydrogen-bond donors (Lipinski definition) is 3. The van der Waals surface area contributed by atoms with Gasteiger partial charge < -0.3 is 30.6 Å². The van der Waals surface area contributed by atoms with Crippen molar-refractivity contribution < 1.29 is 33.9 Å². The molecule has 4 rings (SSSR count). The minimum Gasteiger partial charge on any atom is -0.481 e. The van der Waals surface area contributed by atoms with Gasteiger partial charge in [0.2, 0.25) is 11.1 Å². The zero-order valence-corrected chi connectivity index (χ0v) is 22.6. The number of carboxylic acid groups (broad SMARTS) is 1. The number of carboxylic acids is 1. The van der Waals surface area contributed by atoms with Gasteiger partial charge in [0, 0.05) is 23.4 Å². The third-order valence-electron chi connectivity index (χ3n) is 5.65. The molecule has 39 heavy (non-hydrogen) atoms. The number of tetrazole rings is 1. The number of methoxy groups -OCH3 is 1. The van der Waals surface area contributed by atoms with Crippen molar-refractivity contribution in [2.45, 2.75) is 23.1 Å². The normalized spacial score (nSPS) is 22.3. The lowest BCUT2D eigenvalue weighted by Crippen LogP contribution is -2.74. The maximum atomic E-state index is 13.0. The Balaban J connectivity index is 1.42. The van der Waals surface area contributed by atoms with Crippen molar-refractivity contribution >= 4 is 69.5 Å². The van der Waals surface area contributed by atoms with Crippen molar-refractivity contribution in [3.8, 4) is 12.3 Å². The monoisotopic (exact) mass is 595 g/mol. The number of nitrogens with one attached hydrogen (secondary N) is 1. The van der Waals surface area contributed by atoms with E-state index < -0.39 is 40.6 Å². The molecule has 4 heterocycles. The van der Waals surface area contributed by atoms with Crippen molar-refractivity contribution in [3.05, 3.63) is 11.1 Å². The Morgan fingerprint density at radius 2 is 2.26 bits per heavy atom. The largest absolute Gasteiger partial charge is 0.481 e. The van der Waals surface area contributed by atoms with Gasteiger partial charge in [-0.25, -0.2) is 9.67 Å². The number of rotatable bonds is 11. The molecule has 0 aliphatic carbocycles. The average molecular weight is 596 g/mol. The highest BCUT2D eigenvalue weighted by Gasteiger charge is 2.57. The maximum Gasteiger partial charge on any atom is 0.327 e. The average Bonchev–Trinajstić information content (AvgIpc) is 3.56. The maximum absolute atomic E-state index is 13.0. The van der Waals surface area contributed by atoms with Gasteiger partial charge in [-0.1, -0.05) is 22.8 Å². The van der Waals surface area contributed by atoms with Gasteiger partial charge in [-0.3, -0.25) is 19.2 Å². The van der Waals surface area contributed by atoms with Crippen LogP contribution in [0.1, 0.15) is 5.69 Å². The number of hydrogen-bond acceptors (Lipinski definition) is 15. The lowest BCUT2D eigenvalue weighted by atomic mass is 9.89. The SMILES string of the molecule is C#CCON=C(C(=O)NC1C(=O)N2CC(CSc3nnnn3CC(=O)OC)(C(=O)O)CS[C@H]12)c1csc(N)n1. The molecular weight excluding hydrogens is 574 g/mol. The first-order chi connectivity index (χ1) is 18.7. The van der Waals surface area contributed by atoms with Gasteiger partial charge >= 0.3 is 11.9 Å². The fourth-order valence-corrected chi connectivity index (χ4v) is 6.92. The molecule has 2 aromatic rings. The lowest BCUT2D eigenvalue weighted by Gasteiger charge is -2.53. The van der Waals surface area contributed by atoms with Gasteiger partial charge in [0.15, 0.2) is 17.5 Å². The molecule has 2 fully saturated rings. The van der Waals surface area contributed by atoms with E-state index in [-0.39, 0.29) is 52.9 Å². The smallest absolute Gasteiger partial charge is 0.327 e. The second kappa shape index (κ2) is 11.9. The third kappa shape index (κ3) is 5.91. The van der Waals surface area contributed by atoms with Crippen molar-refractivity contribution in [1.82, 2.24) is 35.4 Å². The number of oxime groups is 1. The number of nitrogens with zero attached hydrogens (tertiary/aromatic N) is 7. The lowest BCUT2D eigenvalue weighted by molar-refractivity contribution is -0.157. The molecule has 0 aromatic carbocycles. The molecule has 0 bridgehead atoms. The van der Waals surface area contributed by atoms with Gasteiger partial charge in [-0.2, -0.15) is 0 Å². The van der Waals surface area contributed by atoms with Crippen LogP contribution < -0.4 is 11.1 Å². The van der Waals surface area contributed by atoms with E-state index in [0.717, 1.165) is 23.1 Å². The summed E-state index contributed by atoms with van der Waals surface area (Å²) in [6.07, 6.45) is 5.16. The zero-order chi connectivity index (χ0) is 28.2. The minimum absolute atomic E-state index is 0.0268. The first-order valence-corrected chi connectivity index (χ1v) is 13.9. The molecule has 206 valence electrons. The minimum atomic E-state index is -1.33. The number of anilines is 1. The van der Waals surface area contributed by atoms with Crippen molar-refractivity contribution in [2.24, 2.45) is 10.6 Å². The summed E-state index contributed by atoms with van der Waals surface area (Å²) in [4.78, 5) is 60.3. The molecule has 2 saturated heterocycles. The van der Waals surface area contributed by atoms with E-state index in [1.807, 2.05) is 0 Å². The fourth-order valence-electron chi connectivity index (χ4n) is 3.64. The van der Waals surface area contributed by atoms with Gasteiger partial charge in [-0.15, -0.1) is 34.6 Å². The van der Waals surface area contributed by atoms with E-state index >= 15 is 0 Å². The van der Waals surface area contributed by atoms with E-state index in [2.05, 4.69) is 41.6 Å². The van der Waals surface area contributed by atoms with Crippen LogP contribution in [0.15, 0.2) is 15.7 Å². The molecule has 2 amide bonds. The van der Waals surface area contributed by atoms with Crippen LogP contribution in [0.25, 0.3) is 0 Å². The number of amides is 2. The van der Waals surface area contributed by atoms with Crippen LogP contribution in [0.2, 0.25) is 0 Å². The summed E-state index contributed by atoms with van der Waals surface area (Å²) in [5.74, 6) is -0.449. The van der Waals surface area contributed by atoms with Crippen LogP contribution in [-0.2, 0) is 35.3 Å². The van der Waals surface area contributed by atoms with Crippen LogP contribution in [-0.4, -0.2) is 108 Å². The van der Waals surface area contributed by atoms with E-state index in [9.17, 15) is 24.3 Å². The Hall–Kier alpha value is -3.89. The third-order valence-corrected chi connectivity index (χ3v) is 9.16. The number of aromatic nitrogens is 5. The highest BCUT2D eigenvalue weighted by atomic mass is 32.2. The second-order valence-electron chi connectivity index (χ2n) is 8.18. The number of carbonyl (C=O) groups is 4. The van der Waals surface area contributed by atoms with Crippen LogP contribution >= 0.6 is 34.9 Å². The molecule has 2 aliphatic heterocycles. The molecule has 2 aromatic heterocycles. The number of esters is 1. The molecule has 2 unspecified atom stereocenters.